The summed E-state index contributed by atoms with van der Waals surface area (Å²) in [6, 6.07) is 16.4. The molecule has 1 aromatic heterocycles. The number of hydrogen-bond acceptors (Lipinski definition) is 4. The molecular formula is C22H21F2N3O4. The molecule has 0 saturated heterocycles. The van der Waals surface area contributed by atoms with Gasteiger partial charge in [-0.2, -0.15) is 8.78 Å². The molecule has 7 nitrogen and oxygen atoms in total. The van der Waals surface area contributed by atoms with Gasteiger partial charge in [0.2, 0.25) is 5.91 Å². The highest BCUT2D eigenvalue weighted by molar-refractivity contribution is 5.75. The van der Waals surface area contributed by atoms with Gasteiger partial charge in [-0.05, 0) is 23.3 Å². The maximum absolute atomic E-state index is 12.7. The summed E-state index contributed by atoms with van der Waals surface area (Å²) in [6.45, 7) is -2.87. The van der Waals surface area contributed by atoms with Gasteiger partial charge in [-0.25, -0.2) is 4.79 Å². The van der Waals surface area contributed by atoms with E-state index in [-0.39, 0.29) is 18.8 Å². The van der Waals surface area contributed by atoms with E-state index in [1.165, 1.54) is 40.9 Å². The van der Waals surface area contributed by atoms with E-state index in [9.17, 15) is 23.2 Å². The number of hydrogen-bond donors (Lipinski definition) is 0. The van der Waals surface area contributed by atoms with E-state index >= 15 is 0 Å². The lowest BCUT2D eigenvalue weighted by atomic mass is 10.2. The molecule has 31 heavy (non-hydrogen) atoms. The van der Waals surface area contributed by atoms with Crippen LogP contribution in [0.3, 0.4) is 0 Å². The smallest absolute Gasteiger partial charge is 0.387 e. The number of ether oxygens (including phenoxy) is 1. The lowest BCUT2D eigenvalue weighted by molar-refractivity contribution is -0.131. The zero-order chi connectivity index (χ0) is 22.4. The predicted octanol–water partition coefficient (Wildman–Crippen LogP) is 2.32. The standard InChI is InChI=1S/C22H21F2N3O4/c1-25(13-17-7-9-18(10-8-17)31-21(23)24)20(29)15-27-19(28)11-12-26(22(27)30)14-16-5-3-2-4-6-16/h2-12,21H,13-15H2,1H3. The molecule has 0 aliphatic carbocycles. The fourth-order valence-electron chi connectivity index (χ4n) is 3.00. The van der Waals surface area contributed by atoms with Crippen molar-refractivity contribution in [2.24, 2.45) is 0 Å². The van der Waals surface area contributed by atoms with Crippen LogP contribution in [0.1, 0.15) is 11.1 Å². The number of halogens is 2. The van der Waals surface area contributed by atoms with E-state index in [1.807, 2.05) is 30.3 Å². The van der Waals surface area contributed by atoms with Crippen LogP contribution in [0.4, 0.5) is 8.78 Å². The SMILES string of the molecule is CN(Cc1ccc(OC(F)F)cc1)C(=O)Cn1c(=O)ccn(Cc2ccccc2)c1=O. The summed E-state index contributed by atoms with van der Waals surface area (Å²) in [6.07, 6.45) is 1.41. The first-order valence-corrected chi connectivity index (χ1v) is 9.45. The molecule has 2 aromatic carbocycles. The van der Waals surface area contributed by atoms with Crippen LogP contribution in [0.15, 0.2) is 76.4 Å². The van der Waals surface area contributed by atoms with E-state index < -0.39 is 30.3 Å². The molecule has 1 amide bonds. The van der Waals surface area contributed by atoms with Gasteiger partial charge in [0.1, 0.15) is 12.3 Å². The maximum atomic E-state index is 12.7. The van der Waals surface area contributed by atoms with Gasteiger partial charge in [0.15, 0.2) is 0 Å². The van der Waals surface area contributed by atoms with Gasteiger partial charge < -0.3 is 9.64 Å². The Balaban J connectivity index is 1.70. The van der Waals surface area contributed by atoms with E-state index in [2.05, 4.69) is 4.74 Å². The highest BCUT2D eigenvalue weighted by Gasteiger charge is 2.15. The molecule has 9 heteroatoms. The van der Waals surface area contributed by atoms with Gasteiger partial charge in [-0.1, -0.05) is 42.5 Å². The maximum Gasteiger partial charge on any atom is 0.387 e. The molecule has 0 N–H and O–H groups in total. The molecule has 3 rings (SSSR count). The molecule has 1 heterocycles. The number of benzene rings is 2. The largest absolute Gasteiger partial charge is 0.435 e. The van der Waals surface area contributed by atoms with Crippen LogP contribution in [0.5, 0.6) is 5.75 Å². The summed E-state index contributed by atoms with van der Waals surface area (Å²) in [4.78, 5) is 38.9. The van der Waals surface area contributed by atoms with Crippen LogP contribution in [-0.4, -0.2) is 33.6 Å². The number of likely N-dealkylation sites (N-methyl/N-ethyl adjacent to an activating group) is 1. The normalized spacial score (nSPS) is 10.8. The molecule has 162 valence electrons. The van der Waals surface area contributed by atoms with Crippen molar-refractivity contribution in [2.75, 3.05) is 7.05 Å². The van der Waals surface area contributed by atoms with Crippen LogP contribution in [-0.2, 0) is 24.4 Å². The average molecular weight is 429 g/mol. The summed E-state index contributed by atoms with van der Waals surface area (Å²) in [5.41, 5.74) is 0.424. The third-order valence-electron chi connectivity index (χ3n) is 4.62. The van der Waals surface area contributed by atoms with E-state index in [1.54, 1.807) is 12.1 Å². The molecule has 0 unspecified atom stereocenters. The Kier molecular flexibility index (Phi) is 6.96. The second-order valence-electron chi connectivity index (χ2n) is 6.91. The summed E-state index contributed by atoms with van der Waals surface area (Å²) in [5, 5.41) is 0. The average Bonchev–Trinajstić information content (AvgIpc) is 2.75. The van der Waals surface area contributed by atoms with Crippen molar-refractivity contribution in [2.45, 2.75) is 26.2 Å². The van der Waals surface area contributed by atoms with E-state index in [0.29, 0.717) is 5.56 Å². The van der Waals surface area contributed by atoms with Crippen LogP contribution < -0.4 is 16.0 Å². The molecule has 3 aromatic rings. The molecule has 0 aliphatic rings. The fraction of sp³-hybridized carbons (Fsp3) is 0.227. The van der Waals surface area contributed by atoms with E-state index in [0.717, 1.165) is 10.1 Å². The molecule has 0 aliphatic heterocycles. The minimum absolute atomic E-state index is 0.0162. The first-order chi connectivity index (χ1) is 14.8. The first-order valence-electron chi connectivity index (χ1n) is 9.45. The topological polar surface area (TPSA) is 73.5 Å². The van der Waals surface area contributed by atoms with Crippen molar-refractivity contribution >= 4 is 5.91 Å². The Morgan fingerprint density at radius 3 is 2.32 bits per heavy atom. The Hall–Kier alpha value is -3.75. The van der Waals surface area contributed by atoms with Gasteiger partial charge >= 0.3 is 12.3 Å². The zero-order valence-corrected chi connectivity index (χ0v) is 16.8. The highest BCUT2D eigenvalue weighted by atomic mass is 19.3. The van der Waals surface area contributed by atoms with E-state index in [4.69, 9.17) is 0 Å². The first kappa shape index (κ1) is 21.9. The van der Waals surface area contributed by atoms with Crippen LogP contribution in [0.25, 0.3) is 0 Å². The minimum atomic E-state index is -2.91. The van der Waals surface area contributed by atoms with Gasteiger partial charge in [-0.15, -0.1) is 0 Å². The number of amides is 1. The van der Waals surface area contributed by atoms with Crippen molar-refractivity contribution in [3.63, 3.8) is 0 Å². The second-order valence-corrected chi connectivity index (χ2v) is 6.91. The number of alkyl halides is 2. The summed E-state index contributed by atoms with van der Waals surface area (Å²) in [7, 11) is 1.53. The lowest BCUT2D eigenvalue weighted by Gasteiger charge is -2.18. The second kappa shape index (κ2) is 9.84. The quantitative estimate of drug-likeness (QED) is 0.551. The van der Waals surface area contributed by atoms with Crippen molar-refractivity contribution in [3.8, 4) is 5.75 Å². The molecular weight excluding hydrogens is 408 g/mol. The highest BCUT2D eigenvalue weighted by Crippen LogP contribution is 2.15. The summed E-state index contributed by atoms with van der Waals surface area (Å²) >= 11 is 0. The Morgan fingerprint density at radius 1 is 1.00 bits per heavy atom. The van der Waals surface area contributed by atoms with Crippen molar-refractivity contribution in [1.82, 2.24) is 14.0 Å². The zero-order valence-electron chi connectivity index (χ0n) is 16.8. The molecule has 0 radical (unpaired) electrons. The molecule has 0 spiro atoms. The van der Waals surface area contributed by atoms with Crippen molar-refractivity contribution in [1.29, 1.82) is 0 Å². The number of aromatic nitrogens is 2. The van der Waals surface area contributed by atoms with Crippen molar-refractivity contribution < 1.29 is 18.3 Å². The van der Waals surface area contributed by atoms with Gasteiger partial charge in [0, 0.05) is 25.9 Å². The monoisotopic (exact) mass is 429 g/mol. The number of carbonyl (C=O) groups excluding carboxylic acids is 1. The van der Waals surface area contributed by atoms with Crippen LogP contribution in [0.2, 0.25) is 0 Å². The lowest BCUT2D eigenvalue weighted by Crippen LogP contribution is -2.43. The fourth-order valence-corrected chi connectivity index (χ4v) is 3.00. The number of carbonyl (C=O) groups is 1. The molecule has 0 atom stereocenters. The molecule has 0 bridgehead atoms. The summed E-state index contributed by atoms with van der Waals surface area (Å²) in [5.74, 6) is -0.424. The molecule has 0 fully saturated rings. The van der Waals surface area contributed by atoms with Gasteiger partial charge in [0.25, 0.3) is 5.56 Å². The molecule has 0 saturated carbocycles. The Labute approximate surface area is 176 Å². The Morgan fingerprint density at radius 2 is 1.68 bits per heavy atom. The third-order valence-corrected chi connectivity index (χ3v) is 4.62. The number of nitrogens with zero attached hydrogens (tertiary/aromatic N) is 3. The number of rotatable bonds is 8. The van der Waals surface area contributed by atoms with Crippen LogP contribution >= 0.6 is 0 Å². The predicted molar refractivity (Wildman–Crippen MR) is 110 cm³/mol. The van der Waals surface area contributed by atoms with Gasteiger partial charge in [0.05, 0.1) is 6.54 Å². The third kappa shape index (κ3) is 5.88. The minimum Gasteiger partial charge on any atom is -0.435 e. The van der Waals surface area contributed by atoms with Crippen LogP contribution in [0, 0.1) is 0 Å². The van der Waals surface area contributed by atoms with Crippen molar-refractivity contribution in [3.05, 3.63) is 98.8 Å². The Bertz CT molecular complexity index is 1140. The summed E-state index contributed by atoms with van der Waals surface area (Å²) < 4.78 is 31.0. The van der Waals surface area contributed by atoms with Gasteiger partial charge in [-0.3, -0.25) is 18.7 Å².